The molecule has 1 aromatic rings. The fourth-order valence-electron chi connectivity index (χ4n) is 1.88. The van der Waals surface area contributed by atoms with Crippen LogP contribution in [0.2, 0.25) is 0 Å². The van der Waals surface area contributed by atoms with Gasteiger partial charge in [0, 0.05) is 11.7 Å². The van der Waals surface area contributed by atoms with Gasteiger partial charge in [0.25, 0.3) is 0 Å². The highest BCUT2D eigenvalue weighted by Crippen LogP contribution is 2.17. The largest absolute Gasteiger partial charge is 0.369 e. The molecule has 0 heterocycles. The number of carbonyl (C=O) groups is 2. The molecule has 0 unspecified atom stereocenters. The third-order valence-electron chi connectivity index (χ3n) is 3.31. The number of nitrogens with two attached hydrogens (primary N) is 1. The number of amides is 2. The third kappa shape index (κ3) is 4.66. The van der Waals surface area contributed by atoms with E-state index >= 15 is 0 Å². The van der Waals surface area contributed by atoms with Gasteiger partial charge in [0.05, 0.1) is 13.1 Å². The number of hydrogen-bond acceptors (Lipinski definition) is 3. The summed E-state index contributed by atoms with van der Waals surface area (Å²) in [5.41, 5.74) is 8.17. The van der Waals surface area contributed by atoms with Gasteiger partial charge in [0.15, 0.2) is 0 Å². The normalized spacial score (nSPS) is 10.9. The lowest BCUT2D eigenvalue weighted by atomic mass is 10.1. The molecule has 1 rings (SSSR count). The summed E-state index contributed by atoms with van der Waals surface area (Å²) in [6, 6.07) is 5.85. The SMILES string of the molecule is Cc1cccc(NC(=O)CN(CC(N)=O)C(C)C)c1C. The Morgan fingerprint density at radius 1 is 1.25 bits per heavy atom. The number of anilines is 1. The molecule has 5 nitrogen and oxygen atoms in total. The first-order valence-corrected chi connectivity index (χ1v) is 6.69. The number of carbonyl (C=O) groups excluding carboxylic acids is 2. The van der Waals surface area contributed by atoms with Crippen LogP contribution in [0.1, 0.15) is 25.0 Å². The van der Waals surface area contributed by atoms with E-state index in [4.69, 9.17) is 5.73 Å². The van der Waals surface area contributed by atoms with E-state index in [1.54, 1.807) is 4.90 Å². The van der Waals surface area contributed by atoms with Gasteiger partial charge in [-0.3, -0.25) is 14.5 Å². The number of nitrogens with one attached hydrogen (secondary N) is 1. The molecule has 0 spiro atoms. The minimum Gasteiger partial charge on any atom is -0.369 e. The molecule has 0 aliphatic rings. The topological polar surface area (TPSA) is 75.4 Å². The van der Waals surface area contributed by atoms with Gasteiger partial charge in [-0.15, -0.1) is 0 Å². The number of benzene rings is 1. The van der Waals surface area contributed by atoms with Gasteiger partial charge in [0.2, 0.25) is 11.8 Å². The lowest BCUT2D eigenvalue weighted by molar-refractivity contribution is -0.121. The minimum atomic E-state index is -0.432. The summed E-state index contributed by atoms with van der Waals surface area (Å²) in [7, 11) is 0. The molecule has 0 saturated carbocycles. The van der Waals surface area contributed by atoms with Crippen molar-refractivity contribution in [3.8, 4) is 0 Å². The Bertz CT molecular complexity index is 498. The standard InChI is InChI=1S/C15H23N3O2/c1-10(2)18(8-14(16)19)9-15(20)17-13-7-5-6-11(3)12(13)4/h5-7,10H,8-9H2,1-4H3,(H2,16,19)(H,17,20). The molecule has 0 atom stereocenters. The van der Waals surface area contributed by atoms with Crippen LogP contribution in [0.15, 0.2) is 18.2 Å². The predicted molar refractivity (Wildman–Crippen MR) is 80.4 cm³/mol. The van der Waals surface area contributed by atoms with E-state index < -0.39 is 5.91 Å². The highest BCUT2D eigenvalue weighted by molar-refractivity contribution is 5.93. The van der Waals surface area contributed by atoms with Gasteiger partial charge in [-0.05, 0) is 44.9 Å². The highest BCUT2D eigenvalue weighted by Gasteiger charge is 2.16. The van der Waals surface area contributed by atoms with Gasteiger partial charge in [0.1, 0.15) is 0 Å². The molecule has 0 aromatic heterocycles. The first-order chi connectivity index (χ1) is 9.31. The molecule has 0 aliphatic carbocycles. The quantitative estimate of drug-likeness (QED) is 0.826. The maximum absolute atomic E-state index is 12.1. The number of nitrogens with zero attached hydrogens (tertiary/aromatic N) is 1. The van der Waals surface area contributed by atoms with Gasteiger partial charge >= 0.3 is 0 Å². The molecule has 1 aromatic carbocycles. The van der Waals surface area contributed by atoms with Gasteiger partial charge < -0.3 is 11.1 Å². The average molecular weight is 277 g/mol. The Hall–Kier alpha value is -1.88. The number of primary amides is 1. The zero-order chi connectivity index (χ0) is 15.3. The molecule has 2 amide bonds. The van der Waals surface area contributed by atoms with E-state index in [9.17, 15) is 9.59 Å². The van der Waals surface area contributed by atoms with Crippen LogP contribution in [0.4, 0.5) is 5.69 Å². The molecule has 3 N–H and O–H groups in total. The van der Waals surface area contributed by atoms with Crippen molar-refractivity contribution >= 4 is 17.5 Å². The lowest BCUT2D eigenvalue weighted by Gasteiger charge is -2.24. The second-order valence-corrected chi connectivity index (χ2v) is 5.26. The van der Waals surface area contributed by atoms with E-state index in [1.165, 1.54) is 0 Å². The minimum absolute atomic E-state index is 0.0758. The van der Waals surface area contributed by atoms with Gasteiger partial charge in [-0.1, -0.05) is 12.1 Å². The van der Waals surface area contributed by atoms with Crippen LogP contribution < -0.4 is 11.1 Å². The fraction of sp³-hybridized carbons (Fsp3) is 0.467. The molecular weight excluding hydrogens is 254 g/mol. The molecule has 0 bridgehead atoms. The zero-order valence-corrected chi connectivity index (χ0v) is 12.6. The van der Waals surface area contributed by atoms with Crippen LogP contribution in [-0.2, 0) is 9.59 Å². The van der Waals surface area contributed by atoms with E-state index in [0.717, 1.165) is 16.8 Å². The Labute approximate surface area is 120 Å². The summed E-state index contributed by atoms with van der Waals surface area (Å²) in [5, 5.41) is 2.88. The molecular formula is C15H23N3O2. The van der Waals surface area contributed by atoms with Crippen LogP contribution in [0.5, 0.6) is 0 Å². The Balaban J connectivity index is 2.70. The van der Waals surface area contributed by atoms with Crippen molar-refractivity contribution in [2.45, 2.75) is 33.7 Å². The lowest BCUT2D eigenvalue weighted by Crippen LogP contribution is -2.43. The molecule has 110 valence electrons. The van der Waals surface area contributed by atoms with Crippen molar-refractivity contribution in [3.63, 3.8) is 0 Å². The van der Waals surface area contributed by atoms with Crippen molar-refractivity contribution in [1.29, 1.82) is 0 Å². The predicted octanol–water partition coefficient (Wildman–Crippen LogP) is 1.44. The van der Waals surface area contributed by atoms with Crippen molar-refractivity contribution < 1.29 is 9.59 Å². The van der Waals surface area contributed by atoms with E-state index in [2.05, 4.69) is 5.32 Å². The Kier molecular flexibility index (Phi) is 5.70. The first kappa shape index (κ1) is 16.2. The molecule has 0 fully saturated rings. The van der Waals surface area contributed by atoms with Crippen molar-refractivity contribution in [2.75, 3.05) is 18.4 Å². The molecule has 0 aliphatic heterocycles. The summed E-state index contributed by atoms with van der Waals surface area (Å²) in [4.78, 5) is 24.8. The maximum Gasteiger partial charge on any atom is 0.238 e. The van der Waals surface area contributed by atoms with Crippen molar-refractivity contribution in [1.82, 2.24) is 4.90 Å². The molecule has 5 heteroatoms. The van der Waals surface area contributed by atoms with Gasteiger partial charge in [-0.25, -0.2) is 0 Å². The van der Waals surface area contributed by atoms with Crippen LogP contribution in [-0.4, -0.2) is 35.8 Å². The average Bonchev–Trinajstić information content (AvgIpc) is 2.33. The van der Waals surface area contributed by atoms with Crippen molar-refractivity contribution in [2.24, 2.45) is 5.73 Å². The molecule has 0 radical (unpaired) electrons. The van der Waals surface area contributed by atoms with Crippen LogP contribution in [0.25, 0.3) is 0 Å². The smallest absolute Gasteiger partial charge is 0.238 e. The summed E-state index contributed by atoms with van der Waals surface area (Å²) in [6.45, 7) is 8.04. The maximum atomic E-state index is 12.1. The highest BCUT2D eigenvalue weighted by atomic mass is 16.2. The van der Waals surface area contributed by atoms with Crippen LogP contribution in [0.3, 0.4) is 0 Å². The number of rotatable bonds is 6. The second kappa shape index (κ2) is 7.05. The van der Waals surface area contributed by atoms with Crippen LogP contribution >= 0.6 is 0 Å². The summed E-state index contributed by atoms with van der Waals surface area (Å²) < 4.78 is 0. The molecule has 0 saturated heterocycles. The van der Waals surface area contributed by atoms with Crippen molar-refractivity contribution in [3.05, 3.63) is 29.3 Å². The monoisotopic (exact) mass is 277 g/mol. The third-order valence-corrected chi connectivity index (χ3v) is 3.31. The second-order valence-electron chi connectivity index (χ2n) is 5.26. The Morgan fingerprint density at radius 3 is 2.45 bits per heavy atom. The van der Waals surface area contributed by atoms with Crippen LogP contribution in [0, 0.1) is 13.8 Å². The Morgan fingerprint density at radius 2 is 1.90 bits per heavy atom. The van der Waals surface area contributed by atoms with E-state index in [1.807, 2.05) is 45.9 Å². The number of aryl methyl sites for hydroxylation is 1. The van der Waals surface area contributed by atoms with E-state index in [0.29, 0.717) is 0 Å². The van der Waals surface area contributed by atoms with Gasteiger partial charge in [-0.2, -0.15) is 0 Å². The number of hydrogen-bond donors (Lipinski definition) is 2. The summed E-state index contributed by atoms with van der Waals surface area (Å²) in [5.74, 6) is -0.577. The van der Waals surface area contributed by atoms with E-state index in [-0.39, 0.29) is 25.0 Å². The first-order valence-electron chi connectivity index (χ1n) is 6.69. The summed E-state index contributed by atoms with van der Waals surface area (Å²) >= 11 is 0. The summed E-state index contributed by atoms with van der Waals surface area (Å²) in [6.07, 6.45) is 0. The molecule has 20 heavy (non-hydrogen) atoms. The fourth-order valence-corrected chi connectivity index (χ4v) is 1.88. The zero-order valence-electron chi connectivity index (χ0n) is 12.6.